The Morgan fingerprint density at radius 1 is 1.08 bits per heavy atom. The lowest BCUT2D eigenvalue weighted by molar-refractivity contribution is -0.137. The van der Waals surface area contributed by atoms with Gasteiger partial charge in [-0.15, -0.1) is 0 Å². The molecule has 0 fully saturated rings. The van der Waals surface area contributed by atoms with Crippen molar-refractivity contribution in [3.05, 3.63) is 53.9 Å². The van der Waals surface area contributed by atoms with Crippen molar-refractivity contribution in [2.45, 2.75) is 20.0 Å². The van der Waals surface area contributed by atoms with E-state index >= 15 is 0 Å². The highest BCUT2D eigenvalue weighted by Gasteiger charge is 2.29. The first-order chi connectivity index (χ1) is 11.3. The first kappa shape index (κ1) is 17.8. The largest absolute Gasteiger partial charge is 0.416 e. The Hall–Kier alpha value is -2.57. The minimum Gasteiger partial charge on any atom is -0.354 e. The van der Waals surface area contributed by atoms with E-state index in [1.165, 1.54) is 24.5 Å². The molecule has 4 nitrogen and oxygen atoms in total. The molecule has 1 heterocycles. The number of carbonyl (C=O) groups is 1. The molecule has 1 amide bonds. The Balaban J connectivity index is 2.16. The molecular formula is C17H18F3N3O. The zero-order valence-corrected chi connectivity index (χ0v) is 13.4. The monoisotopic (exact) mass is 337 g/mol. The molecule has 0 atom stereocenters. The molecule has 0 aliphatic rings. The van der Waals surface area contributed by atoms with Gasteiger partial charge in [-0.3, -0.25) is 9.78 Å². The van der Waals surface area contributed by atoms with E-state index in [0.29, 0.717) is 30.0 Å². The maximum atomic E-state index is 12.6. The summed E-state index contributed by atoms with van der Waals surface area (Å²) in [6.45, 7) is 4.95. The van der Waals surface area contributed by atoms with E-state index in [4.69, 9.17) is 0 Å². The summed E-state index contributed by atoms with van der Waals surface area (Å²) in [4.78, 5) is 18.0. The summed E-state index contributed by atoms with van der Waals surface area (Å²) in [6.07, 6.45) is -1.38. The summed E-state index contributed by atoms with van der Waals surface area (Å²) in [6, 6.07) is 6.30. The minimum absolute atomic E-state index is 0.136. The van der Waals surface area contributed by atoms with Gasteiger partial charge in [0, 0.05) is 25.0 Å². The van der Waals surface area contributed by atoms with Crippen LogP contribution in [0.15, 0.2) is 42.7 Å². The summed E-state index contributed by atoms with van der Waals surface area (Å²) in [5, 5.41) is 2.95. The van der Waals surface area contributed by atoms with Crippen LogP contribution in [-0.4, -0.2) is 28.9 Å². The Kier molecular flexibility index (Phi) is 5.43. The molecule has 24 heavy (non-hydrogen) atoms. The Labute approximate surface area is 138 Å². The standard InChI is InChI=1S/C17H18F3N3O/c1-3-23(4-2)16(24)12-9-15(11-21-10-12)22-14-7-5-13(6-8-14)17(18,19)20/h5-11,22H,3-4H2,1-2H3. The lowest BCUT2D eigenvalue weighted by Gasteiger charge is -2.18. The van der Waals surface area contributed by atoms with Gasteiger partial charge in [0.05, 0.1) is 23.0 Å². The summed E-state index contributed by atoms with van der Waals surface area (Å²) < 4.78 is 37.7. The number of alkyl halides is 3. The lowest BCUT2D eigenvalue weighted by Crippen LogP contribution is -2.30. The van der Waals surface area contributed by atoms with Gasteiger partial charge in [0.2, 0.25) is 0 Å². The van der Waals surface area contributed by atoms with Crippen LogP contribution in [0.5, 0.6) is 0 Å². The van der Waals surface area contributed by atoms with Crippen LogP contribution in [0.2, 0.25) is 0 Å². The number of carbonyl (C=O) groups excluding carboxylic acids is 1. The van der Waals surface area contributed by atoms with Crippen LogP contribution >= 0.6 is 0 Å². The van der Waals surface area contributed by atoms with E-state index in [2.05, 4.69) is 10.3 Å². The fourth-order valence-corrected chi connectivity index (χ4v) is 2.23. The Morgan fingerprint density at radius 2 is 1.71 bits per heavy atom. The van der Waals surface area contributed by atoms with Gasteiger partial charge in [-0.25, -0.2) is 0 Å². The number of anilines is 2. The minimum atomic E-state index is -4.36. The number of amides is 1. The van der Waals surface area contributed by atoms with Gasteiger partial charge in [-0.05, 0) is 44.2 Å². The molecule has 0 saturated heterocycles. The second-order valence-electron chi connectivity index (χ2n) is 5.14. The van der Waals surface area contributed by atoms with E-state index < -0.39 is 11.7 Å². The Morgan fingerprint density at radius 3 is 2.25 bits per heavy atom. The summed E-state index contributed by atoms with van der Waals surface area (Å²) in [7, 11) is 0. The van der Waals surface area contributed by atoms with E-state index in [0.717, 1.165) is 12.1 Å². The number of nitrogens with zero attached hydrogens (tertiary/aromatic N) is 2. The summed E-state index contributed by atoms with van der Waals surface area (Å²) in [5.74, 6) is -0.136. The molecule has 2 aromatic rings. The van der Waals surface area contributed by atoms with E-state index in [-0.39, 0.29) is 5.91 Å². The van der Waals surface area contributed by atoms with Gasteiger partial charge >= 0.3 is 6.18 Å². The average molecular weight is 337 g/mol. The second-order valence-corrected chi connectivity index (χ2v) is 5.14. The van der Waals surface area contributed by atoms with Crippen LogP contribution < -0.4 is 5.32 Å². The van der Waals surface area contributed by atoms with Crippen molar-refractivity contribution in [1.82, 2.24) is 9.88 Å². The highest BCUT2D eigenvalue weighted by Crippen LogP contribution is 2.30. The van der Waals surface area contributed by atoms with Gasteiger partial charge in [0.25, 0.3) is 5.91 Å². The zero-order valence-electron chi connectivity index (χ0n) is 13.4. The maximum Gasteiger partial charge on any atom is 0.416 e. The lowest BCUT2D eigenvalue weighted by atomic mass is 10.2. The number of hydrogen-bond donors (Lipinski definition) is 1. The van der Waals surface area contributed by atoms with Crippen molar-refractivity contribution in [1.29, 1.82) is 0 Å². The van der Waals surface area contributed by atoms with Crippen LogP contribution in [0.3, 0.4) is 0 Å². The molecule has 0 bridgehead atoms. The van der Waals surface area contributed by atoms with Gasteiger partial charge in [-0.2, -0.15) is 13.2 Å². The van der Waals surface area contributed by atoms with Crippen LogP contribution in [0, 0.1) is 0 Å². The predicted octanol–water partition coefficient (Wildman–Crippen LogP) is 4.33. The fraction of sp³-hybridized carbons (Fsp3) is 0.294. The highest BCUT2D eigenvalue weighted by molar-refractivity contribution is 5.94. The number of benzene rings is 1. The first-order valence-corrected chi connectivity index (χ1v) is 7.53. The third-order valence-electron chi connectivity index (χ3n) is 3.54. The third kappa shape index (κ3) is 4.24. The van der Waals surface area contributed by atoms with Crippen molar-refractivity contribution < 1.29 is 18.0 Å². The molecule has 0 unspecified atom stereocenters. The number of nitrogens with one attached hydrogen (secondary N) is 1. The van der Waals surface area contributed by atoms with Crippen molar-refractivity contribution in [3.63, 3.8) is 0 Å². The van der Waals surface area contributed by atoms with Crippen molar-refractivity contribution in [2.75, 3.05) is 18.4 Å². The predicted molar refractivity (Wildman–Crippen MR) is 86.2 cm³/mol. The fourth-order valence-electron chi connectivity index (χ4n) is 2.23. The second kappa shape index (κ2) is 7.33. The highest BCUT2D eigenvalue weighted by atomic mass is 19.4. The van der Waals surface area contributed by atoms with Crippen molar-refractivity contribution in [3.8, 4) is 0 Å². The maximum absolute atomic E-state index is 12.6. The van der Waals surface area contributed by atoms with Crippen LogP contribution in [-0.2, 0) is 6.18 Å². The quantitative estimate of drug-likeness (QED) is 0.883. The molecule has 1 aromatic carbocycles. The van der Waals surface area contributed by atoms with E-state index in [1.54, 1.807) is 11.0 Å². The van der Waals surface area contributed by atoms with E-state index in [9.17, 15) is 18.0 Å². The number of pyridine rings is 1. The van der Waals surface area contributed by atoms with Gasteiger partial charge in [0.1, 0.15) is 0 Å². The summed E-state index contributed by atoms with van der Waals surface area (Å²) >= 11 is 0. The van der Waals surface area contributed by atoms with Crippen molar-refractivity contribution in [2.24, 2.45) is 0 Å². The SMILES string of the molecule is CCN(CC)C(=O)c1cncc(Nc2ccc(C(F)(F)F)cc2)c1. The molecule has 7 heteroatoms. The zero-order chi connectivity index (χ0) is 17.7. The average Bonchev–Trinajstić information content (AvgIpc) is 2.56. The van der Waals surface area contributed by atoms with Gasteiger partial charge in [0.15, 0.2) is 0 Å². The first-order valence-electron chi connectivity index (χ1n) is 7.53. The molecule has 0 saturated carbocycles. The Bertz CT molecular complexity index is 695. The molecule has 0 spiro atoms. The third-order valence-corrected chi connectivity index (χ3v) is 3.54. The topological polar surface area (TPSA) is 45.2 Å². The molecule has 0 aliphatic heterocycles. The number of rotatable bonds is 5. The smallest absolute Gasteiger partial charge is 0.354 e. The molecule has 0 radical (unpaired) electrons. The molecule has 2 rings (SSSR count). The normalized spacial score (nSPS) is 11.2. The molecule has 0 aliphatic carbocycles. The number of hydrogen-bond acceptors (Lipinski definition) is 3. The van der Waals surface area contributed by atoms with Crippen LogP contribution in [0.4, 0.5) is 24.5 Å². The van der Waals surface area contributed by atoms with Gasteiger partial charge < -0.3 is 10.2 Å². The number of aromatic nitrogens is 1. The molecule has 1 N–H and O–H groups in total. The summed E-state index contributed by atoms with van der Waals surface area (Å²) in [5.41, 5.74) is 0.734. The van der Waals surface area contributed by atoms with Crippen molar-refractivity contribution >= 4 is 17.3 Å². The van der Waals surface area contributed by atoms with E-state index in [1.807, 2.05) is 13.8 Å². The molecular weight excluding hydrogens is 319 g/mol. The van der Waals surface area contributed by atoms with Crippen LogP contribution in [0.1, 0.15) is 29.8 Å². The number of halogens is 3. The molecule has 1 aromatic heterocycles. The molecule has 128 valence electrons. The van der Waals surface area contributed by atoms with Crippen LogP contribution in [0.25, 0.3) is 0 Å². The van der Waals surface area contributed by atoms with Gasteiger partial charge in [-0.1, -0.05) is 0 Å².